The van der Waals surface area contributed by atoms with Crippen molar-refractivity contribution in [3.05, 3.63) is 23.7 Å². The standard InChI is InChI=1S/C12H16N2O3S/c1-8-10(11(15)16-3)6-9(17-8)7-18-12-13-4-5-14(12)2/h4-5,9H,6-7H2,1-3H3. The van der Waals surface area contributed by atoms with E-state index in [0.717, 1.165) is 10.9 Å². The number of nitrogens with zero attached hydrogens (tertiary/aromatic N) is 2. The molecule has 2 rings (SSSR count). The molecule has 0 saturated heterocycles. The van der Waals surface area contributed by atoms with E-state index >= 15 is 0 Å². The van der Waals surface area contributed by atoms with Gasteiger partial charge in [0.05, 0.1) is 12.7 Å². The summed E-state index contributed by atoms with van der Waals surface area (Å²) in [7, 11) is 3.34. The number of aromatic nitrogens is 2. The van der Waals surface area contributed by atoms with Gasteiger partial charge < -0.3 is 14.0 Å². The molecule has 1 aliphatic rings. The number of hydrogen-bond donors (Lipinski definition) is 0. The molecular weight excluding hydrogens is 252 g/mol. The van der Waals surface area contributed by atoms with Crippen molar-refractivity contribution < 1.29 is 14.3 Å². The maximum atomic E-state index is 11.5. The molecule has 0 radical (unpaired) electrons. The summed E-state index contributed by atoms with van der Waals surface area (Å²) in [6.07, 6.45) is 4.29. The molecule has 0 saturated carbocycles. The Kier molecular flexibility index (Phi) is 3.96. The van der Waals surface area contributed by atoms with E-state index in [1.807, 2.05) is 17.8 Å². The van der Waals surface area contributed by atoms with Crippen molar-refractivity contribution in [1.29, 1.82) is 0 Å². The lowest BCUT2D eigenvalue weighted by atomic mass is 10.1. The van der Waals surface area contributed by atoms with E-state index in [1.54, 1.807) is 24.9 Å². The lowest BCUT2D eigenvalue weighted by molar-refractivity contribution is -0.136. The number of rotatable bonds is 4. The fraction of sp³-hybridized carbons (Fsp3) is 0.500. The number of carbonyl (C=O) groups excluding carboxylic acids is 1. The van der Waals surface area contributed by atoms with Crippen LogP contribution in [0, 0.1) is 0 Å². The van der Waals surface area contributed by atoms with Crippen LogP contribution < -0.4 is 0 Å². The average molecular weight is 268 g/mol. The number of ether oxygens (including phenoxy) is 2. The molecule has 5 nitrogen and oxygen atoms in total. The van der Waals surface area contributed by atoms with E-state index in [-0.39, 0.29) is 12.1 Å². The molecule has 0 fully saturated rings. The van der Waals surface area contributed by atoms with Gasteiger partial charge in [-0.3, -0.25) is 0 Å². The average Bonchev–Trinajstić information content (AvgIpc) is 2.92. The van der Waals surface area contributed by atoms with Gasteiger partial charge in [-0.05, 0) is 6.92 Å². The minimum Gasteiger partial charge on any atom is -0.493 e. The van der Waals surface area contributed by atoms with Crippen LogP contribution in [0.3, 0.4) is 0 Å². The van der Waals surface area contributed by atoms with Crippen molar-refractivity contribution >= 4 is 17.7 Å². The van der Waals surface area contributed by atoms with Gasteiger partial charge in [0, 0.05) is 31.6 Å². The van der Waals surface area contributed by atoms with Crippen LogP contribution in [0.15, 0.2) is 28.9 Å². The zero-order valence-corrected chi connectivity index (χ0v) is 11.5. The van der Waals surface area contributed by atoms with E-state index in [9.17, 15) is 4.79 Å². The third-order valence-corrected chi connectivity index (χ3v) is 4.00. The van der Waals surface area contributed by atoms with Crippen LogP contribution in [-0.2, 0) is 21.3 Å². The zero-order valence-electron chi connectivity index (χ0n) is 10.7. The minimum atomic E-state index is -0.294. The van der Waals surface area contributed by atoms with E-state index in [4.69, 9.17) is 9.47 Å². The second kappa shape index (κ2) is 5.48. The van der Waals surface area contributed by atoms with Gasteiger partial charge in [0.1, 0.15) is 11.9 Å². The summed E-state index contributed by atoms with van der Waals surface area (Å²) in [5.74, 6) is 1.15. The summed E-state index contributed by atoms with van der Waals surface area (Å²) in [5.41, 5.74) is 0.642. The topological polar surface area (TPSA) is 53.4 Å². The SMILES string of the molecule is COC(=O)C1=C(C)OC(CSc2nccn2C)C1. The lowest BCUT2D eigenvalue weighted by Gasteiger charge is -2.10. The highest BCUT2D eigenvalue weighted by Crippen LogP contribution is 2.29. The number of imidazole rings is 1. The number of methoxy groups -OCH3 is 1. The Morgan fingerprint density at radius 2 is 2.50 bits per heavy atom. The number of carbonyl (C=O) groups is 1. The van der Waals surface area contributed by atoms with Crippen molar-refractivity contribution in [1.82, 2.24) is 9.55 Å². The molecular formula is C12H16N2O3S. The van der Waals surface area contributed by atoms with Crippen molar-refractivity contribution in [2.75, 3.05) is 12.9 Å². The van der Waals surface area contributed by atoms with Gasteiger partial charge in [-0.25, -0.2) is 9.78 Å². The van der Waals surface area contributed by atoms with Gasteiger partial charge >= 0.3 is 5.97 Å². The molecule has 6 heteroatoms. The molecule has 0 bridgehead atoms. The summed E-state index contributed by atoms with van der Waals surface area (Å²) < 4.78 is 12.3. The highest BCUT2D eigenvalue weighted by atomic mass is 32.2. The summed E-state index contributed by atoms with van der Waals surface area (Å²) >= 11 is 1.62. The first-order valence-corrected chi connectivity index (χ1v) is 6.65. The Bertz CT molecular complexity index is 481. The summed E-state index contributed by atoms with van der Waals surface area (Å²) in [6.45, 7) is 1.80. The number of esters is 1. The zero-order chi connectivity index (χ0) is 13.1. The van der Waals surface area contributed by atoms with Crippen LogP contribution in [0.5, 0.6) is 0 Å². The molecule has 0 aromatic carbocycles. The summed E-state index contributed by atoms with van der Waals surface area (Å²) in [6, 6.07) is 0. The Hall–Kier alpha value is -1.43. The molecule has 1 atom stereocenters. The Balaban J connectivity index is 1.88. The highest BCUT2D eigenvalue weighted by molar-refractivity contribution is 7.99. The van der Waals surface area contributed by atoms with Crippen LogP contribution in [0.2, 0.25) is 0 Å². The van der Waals surface area contributed by atoms with Gasteiger partial charge in [-0.15, -0.1) is 0 Å². The quantitative estimate of drug-likeness (QED) is 0.615. The van der Waals surface area contributed by atoms with Gasteiger partial charge in [0.15, 0.2) is 5.16 Å². The first-order valence-electron chi connectivity index (χ1n) is 5.66. The molecule has 1 aromatic rings. The molecule has 1 unspecified atom stereocenters. The van der Waals surface area contributed by atoms with E-state index in [2.05, 4.69) is 4.98 Å². The molecule has 0 N–H and O–H groups in total. The molecule has 98 valence electrons. The predicted octanol–water partition coefficient (Wildman–Crippen LogP) is 1.75. The second-order valence-electron chi connectivity index (χ2n) is 4.10. The third kappa shape index (κ3) is 2.69. The monoisotopic (exact) mass is 268 g/mol. The predicted molar refractivity (Wildman–Crippen MR) is 68.1 cm³/mol. The second-order valence-corrected chi connectivity index (χ2v) is 5.09. The summed E-state index contributed by atoms with van der Waals surface area (Å²) in [5, 5.41) is 0.947. The normalized spacial score (nSPS) is 18.9. The largest absolute Gasteiger partial charge is 0.493 e. The molecule has 0 amide bonds. The van der Waals surface area contributed by atoms with Crippen LogP contribution in [-0.4, -0.2) is 34.5 Å². The fourth-order valence-electron chi connectivity index (χ4n) is 1.84. The Labute approximate surface area is 110 Å². The van der Waals surface area contributed by atoms with Crippen LogP contribution in [0.4, 0.5) is 0 Å². The van der Waals surface area contributed by atoms with Crippen molar-refractivity contribution in [2.45, 2.75) is 24.6 Å². The first-order chi connectivity index (χ1) is 8.61. The van der Waals surface area contributed by atoms with Crippen molar-refractivity contribution in [3.63, 3.8) is 0 Å². The van der Waals surface area contributed by atoms with Crippen LogP contribution in [0.25, 0.3) is 0 Å². The van der Waals surface area contributed by atoms with Gasteiger partial charge in [-0.1, -0.05) is 11.8 Å². The maximum Gasteiger partial charge on any atom is 0.337 e. The third-order valence-electron chi connectivity index (χ3n) is 2.81. The summed E-state index contributed by atoms with van der Waals surface area (Å²) in [4.78, 5) is 15.7. The van der Waals surface area contributed by atoms with Crippen LogP contribution >= 0.6 is 11.8 Å². The van der Waals surface area contributed by atoms with E-state index in [0.29, 0.717) is 17.8 Å². The Morgan fingerprint density at radius 3 is 3.11 bits per heavy atom. The molecule has 0 aliphatic carbocycles. The van der Waals surface area contributed by atoms with Gasteiger partial charge in [0.2, 0.25) is 0 Å². The number of hydrogen-bond acceptors (Lipinski definition) is 5. The highest BCUT2D eigenvalue weighted by Gasteiger charge is 2.28. The smallest absolute Gasteiger partial charge is 0.337 e. The van der Waals surface area contributed by atoms with Crippen molar-refractivity contribution in [3.8, 4) is 0 Å². The van der Waals surface area contributed by atoms with E-state index < -0.39 is 0 Å². The number of aryl methyl sites for hydroxylation is 1. The van der Waals surface area contributed by atoms with Crippen LogP contribution in [0.1, 0.15) is 13.3 Å². The molecule has 1 aliphatic heterocycles. The van der Waals surface area contributed by atoms with Gasteiger partial charge in [0.25, 0.3) is 0 Å². The Morgan fingerprint density at radius 1 is 1.72 bits per heavy atom. The molecule has 18 heavy (non-hydrogen) atoms. The lowest BCUT2D eigenvalue weighted by Crippen LogP contribution is -2.12. The minimum absolute atomic E-state index is 0.0146. The van der Waals surface area contributed by atoms with Gasteiger partial charge in [-0.2, -0.15) is 0 Å². The molecule has 0 spiro atoms. The first kappa shape index (κ1) is 13.0. The van der Waals surface area contributed by atoms with Crippen molar-refractivity contribution in [2.24, 2.45) is 7.05 Å². The number of thioether (sulfide) groups is 1. The fourth-order valence-corrected chi connectivity index (χ4v) is 2.76. The molecule has 2 heterocycles. The maximum absolute atomic E-state index is 11.5. The number of allylic oxidation sites excluding steroid dienone is 1. The van der Waals surface area contributed by atoms with E-state index in [1.165, 1.54) is 7.11 Å². The molecule has 1 aromatic heterocycles.